The molecule has 2 rings (SSSR count). The van der Waals surface area contributed by atoms with E-state index in [0.717, 1.165) is 12.0 Å². The predicted octanol–water partition coefficient (Wildman–Crippen LogP) is 5.56. The Morgan fingerprint density at radius 2 is 1.58 bits per heavy atom. The molecule has 104 valence electrons. The van der Waals surface area contributed by atoms with Gasteiger partial charge in [0.1, 0.15) is 0 Å². The van der Waals surface area contributed by atoms with Gasteiger partial charge in [-0.2, -0.15) is 13.2 Å². The highest BCUT2D eigenvalue weighted by molar-refractivity contribution is 5.50. The van der Waals surface area contributed by atoms with Gasteiger partial charge in [0.2, 0.25) is 0 Å². The Morgan fingerprint density at radius 3 is 2.11 bits per heavy atom. The van der Waals surface area contributed by atoms with Crippen molar-refractivity contribution in [1.29, 1.82) is 0 Å². The van der Waals surface area contributed by atoms with E-state index in [4.69, 9.17) is 0 Å². The molecule has 0 nitrogen and oxygen atoms in total. The first kappa shape index (κ1) is 14.2. The largest absolute Gasteiger partial charge is 0.409 e. The van der Waals surface area contributed by atoms with Gasteiger partial charge < -0.3 is 0 Å². The third-order valence-electron chi connectivity index (χ3n) is 3.89. The second-order valence-electron chi connectivity index (χ2n) is 5.50. The average molecular weight is 268 g/mol. The Labute approximate surface area is 112 Å². The maximum Gasteiger partial charge on any atom is 0.409 e. The summed E-state index contributed by atoms with van der Waals surface area (Å²) in [5.41, 5.74) is 1.86. The van der Waals surface area contributed by atoms with Gasteiger partial charge in [-0.05, 0) is 35.8 Å². The molecule has 1 aliphatic carbocycles. The van der Waals surface area contributed by atoms with Gasteiger partial charge in [0.05, 0.1) is 0 Å². The first-order valence-corrected chi connectivity index (χ1v) is 6.80. The molecule has 0 saturated heterocycles. The molecule has 0 aromatic heterocycles. The van der Waals surface area contributed by atoms with Crippen LogP contribution in [0.5, 0.6) is 0 Å². The van der Waals surface area contributed by atoms with Crippen LogP contribution in [0.4, 0.5) is 13.2 Å². The minimum atomic E-state index is -4.24. The molecule has 1 fully saturated rings. The quantitative estimate of drug-likeness (QED) is 0.659. The van der Waals surface area contributed by atoms with Gasteiger partial charge in [-0.25, -0.2) is 0 Å². The molecule has 0 N–H and O–H groups in total. The molecule has 1 aliphatic rings. The molecule has 0 atom stereocenters. The van der Waals surface area contributed by atoms with E-state index < -0.39 is 6.18 Å². The Hall–Kier alpha value is -1.25. The third-order valence-corrected chi connectivity index (χ3v) is 3.89. The van der Waals surface area contributed by atoms with Crippen LogP contribution in [0.3, 0.4) is 0 Å². The number of benzene rings is 1. The molecule has 19 heavy (non-hydrogen) atoms. The number of alkyl halides is 3. The highest BCUT2D eigenvalue weighted by Crippen LogP contribution is 2.35. The van der Waals surface area contributed by atoms with Crippen LogP contribution in [-0.4, -0.2) is 6.18 Å². The van der Waals surface area contributed by atoms with E-state index in [1.54, 1.807) is 12.1 Å². The molecule has 0 unspecified atom stereocenters. The number of rotatable bonds is 2. The lowest BCUT2D eigenvalue weighted by Crippen LogP contribution is -2.10. The second kappa shape index (κ2) is 5.81. The minimum absolute atomic E-state index is 0.282. The summed E-state index contributed by atoms with van der Waals surface area (Å²) in [6.45, 7) is 2.28. The molecular weight excluding hydrogens is 249 g/mol. The summed E-state index contributed by atoms with van der Waals surface area (Å²) in [5, 5.41) is 0. The van der Waals surface area contributed by atoms with E-state index in [2.05, 4.69) is 6.92 Å². The lowest BCUT2D eigenvalue weighted by molar-refractivity contribution is -0.0790. The number of hydrogen-bond donors (Lipinski definition) is 0. The van der Waals surface area contributed by atoms with Crippen molar-refractivity contribution in [2.75, 3.05) is 0 Å². The van der Waals surface area contributed by atoms with Gasteiger partial charge in [0, 0.05) is 6.08 Å². The van der Waals surface area contributed by atoms with Crippen molar-refractivity contribution in [3.63, 3.8) is 0 Å². The van der Waals surface area contributed by atoms with Gasteiger partial charge in [-0.3, -0.25) is 0 Å². The van der Waals surface area contributed by atoms with Crippen molar-refractivity contribution >= 4 is 6.08 Å². The van der Waals surface area contributed by atoms with E-state index >= 15 is 0 Å². The molecule has 0 amide bonds. The Kier molecular flexibility index (Phi) is 4.33. The van der Waals surface area contributed by atoms with Gasteiger partial charge in [-0.1, -0.05) is 50.1 Å². The summed E-state index contributed by atoms with van der Waals surface area (Å²) in [6.07, 6.45) is 2.05. The van der Waals surface area contributed by atoms with Crippen LogP contribution in [0.1, 0.15) is 49.7 Å². The highest BCUT2D eigenvalue weighted by Gasteiger charge is 2.22. The molecule has 1 aromatic carbocycles. The van der Waals surface area contributed by atoms with Gasteiger partial charge >= 0.3 is 6.18 Å². The summed E-state index contributed by atoms with van der Waals surface area (Å²) in [4.78, 5) is 0. The number of halogens is 3. The average Bonchev–Trinajstić information content (AvgIpc) is 2.37. The fourth-order valence-corrected chi connectivity index (χ4v) is 2.66. The molecule has 0 radical (unpaired) electrons. The summed E-state index contributed by atoms with van der Waals surface area (Å²) in [6, 6.07) is 7.48. The molecule has 0 spiro atoms. The first-order chi connectivity index (χ1) is 8.94. The van der Waals surface area contributed by atoms with Crippen LogP contribution in [-0.2, 0) is 0 Å². The predicted molar refractivity (Wildman–Crippen MR) is 71.9 cm³/mol. The Bertz CT molecular complexity index is 420. The zero-order valence-corrected chi connectivity index (χ0v) is 11.1. The van der Waals surface area contributed by atoms with Crippen LogP contribution in [0.2, 0.25) is 0 Å². The molecule has 3 heteroatoms. The van der Waals surface area contributed by atoms with Crippen LogP contribution in [0.25, 0.3) is 6.08 Å². The molecule has 0 bridgehead atoms. The number of allylic oxidation sites excluding steroid dienone is 1. The van der Waals surface area contributed by atoms with Crippen LogP contribution < -0.4 is 0 Å². The second-order valence-corrected chi connectivity index (χ2v) is 5.50. The van der Waals surface area contributed by atoms with E-state index in [0.29, 0.717) is 11.5 Å². The fourth-order valence-electron chi connectivity index (χ4n) is 2.66. The molecule has 0 aliphatic heterocycles. The maximum absolute atomic E-state index is 12.1. The lowest BCUT2D eigenvalue weighted by atomic mass is 9.79. The van der Waals surface area contributed by atoms with Gasteiger partial charge in [0.15, 0.2) is 0 Å². The smallest absolute Gasteiger partial charge is 0.167 e. The lowest BCUT2D eigenvalue weighted by Gasteiger charge is -2.26. The zero-order chi connectivity index (χ0) is 13.9. The van der Waals surface area contributed by atoms with Crippen molar-refractivity contribution in [3.8, 4) is 0 Å². The molecule has 0 heterocycles. The van der Waals surface area contributed by atoms with Crippen molar-refractivity contribution in [3.05, 3.63) is 41.5 Å². The minimum Gasteiger partial charge on any atom is -0.167 e. The van der Waals surface area contributed by atoms with Crippen LogP contribution >= 0.6 is 0 Å². The van der Waals surface area contributed by atoms with Gasteiger partial charge in [-0.15, -0.1) is 0 Å². The summed E-state index contributed by atoms with van der Waals surface area (Å²) in [7, 11) is 0. The van der Waals surface area contributed by atoms with Crippen LogP contribution in [0, 0.1) is 5.92 Å². The van der Waals surface area contributed by atoms with E-state index in [9.17, 15) is 13.2 Å². The first-order valence-electron chi connectivity index (χ1n) is 6.80. The van der Waals surface area contributed by atoms with E-state index in [-0.39, 0.29) is 6.08 Å². The van der Waals surface area contributed by atoms with Gasteiger partial charge in [0.25, 0.3) is 0 Å². The van der Waals surface area contributed by atoms with Crippen molar-refractivity contribution in [2.45, 2.75) is 44.7 Å². The van der Waals surface area contributed by atoms with Crippen molar-refractivity contribution in [1.82, 2.24) is 0 Å². The van der Waals surface area contributed by atoms with Crippen molar-refractivity contribution < 1.29 is 13.2 Å². The summed E-state index contributed by atoms with van der Waals surface area (Å²) < 4.78 is 36.2. The normalized spacial score (nSPS) is 24.8. The maximum atomic E-state index is 12.1. The fraction of sp³-hybridized carbons (Fsp3) is 0.500. The standard InChI is InChI=1S/C16H19F3/c1-12-2-6-14(7-3-12)15-8-4-13(5-9-15)10-11-16(17,18)19/h4-5,8-12,14H,2-3,6-7H2,1H3/b11-10+. The highest BCUT2D eigenvalue weighted by atomic mass is 19.4. The zero-order valence-electron chi connectivity index (χ0n) is 11.1. The van der Waals surface area contributed by atoms with Crippen LogP contribution in [0.15, 0.2) is 30.3 Å². The molecular formula is C16H19F3. The molecule has 1 aromatic rings. The summed E-state index contributed by atoms with van der Waals surface area (Å²) in [5.74, 6) is 1.39. The SMILES string of the molecule is CC1CCC(c2ccc(/C=C/C(F)(F)F)cc2)CC1. The third kappa shape index (κ3) is 4.41. The topological polar surface area (TPSA) is 0 Å². The monoisotopic (exact) mass is 268 g/mol. The number of hydrogen-bond acceptors (Lipinski definition) is 0. The van der Waals surface area contributed by atoms with E-state index in [1.807, 2.05) is 12.1 Å². The van der Waals surface area contributed by atoms with Crippen molar-refractivity contribution in [2.24, 2.45) is 5.92 Å². The Balaban J connectivity index is 2.00. The van der Waals surface area contributed by atoms with E-state index in [1.165, 1.54) is 31.2 Å². The Morgan fingerprint density at radius 1 is 1.00 bits per heavy atom. The molecule has 1 saturated carbocycles. The summed E-state index contributed by atoms with van der Waals surface area (Å²) >= 11 is 0.